The maximum absolute atomic E-state index is 11.8. The molecule has 1 N–H and O–H groups in total. The lowest BCUT2D eigenvalue weighted by Gasteiger charge is -2.16. The molecular formula is C22H24BrN3O3. The van der Waals surface area contributed by atoms with E-state index in [0.717, 1.165) is 32.8 Å². The number of aliphatic imine (C=N–C) groups is 2. The number of nitrogens with zero attached hydrogens (tertiary/aromatic N) is 3. The molecule has 2 aromatic rings. The van der Waals surface area contributed by atoms with Crippen LogP contribution in [0.1, 0.15) is 43.9 Å². The molecule has 1 aromatic carbocycles. The van der Waals surface area contributed by atoms with Crippen LogP contribution in [0.4, 0.5) is 5.69 Å². The summed E-state index contributed by atoms with van der Waals surface area (Å²) in [5.74, 6) is -0.279. The van der Waals surface area contributed by atoms with Gasteiger partial charge in [-0.1, -0.05) is 22.0 Å². The molecule has 1 aliphatic heterocycles. The van der Waals surface area contributed by atoms with Gasteiger partial charge in [-0.2, -0.15) is 0 Å². The molecule has 0 amide bonds. The van der Waals surface area contributed by atoms with Crippen molar-refractivity contribution >= 4 is 39.0 Å². The van der Waals surface area contributed by atoms with Gasteiger partial charge in [-0.25, -0.2) is 0 Å². The minimum atomic E-state index is -0.439. The Morgan fingerprint density at radius 2 is 2.14 bits per heavy atom. The molecule has 0 bridgehead atoms. The summed E-state index contributed by atoms with van der Waals surface area (Å²) in [6.07, 6.45) is 3.20. The summed E-state index contributed by atoms with van der Waals surface area (Å²) < 4.78 is 5.73. The SMILES string of the molecule is COC(=O)CC[C@@H]1N=C(c2ccccn2)c2cc(Br)ccc2N=C1CCC(C)O. The van der Waals surface area contributed by atoms with Crippen molar-refractivity contribution in [3.05, 3.63) is 58.3 Å². The van der Waals surface area contributed by atoms with Crippen molar-refractivity contribution in [3.63, 3.8) is 0 Å². The molecule has 0 saturated carbocycles. The monoisotopic (exact) mass is 457 g/mol. The highest BCUT2D eigenvalue weighted by atomic mass is 79.9. The zero-order valence-electron chi connectivity index (χ0n) is 16.5. The van der Waals surface area contributed by atoms with Crippen LogP contribution in [0.2, 0.25) is 0 Å². The van der Waals surface area contributed by atoms with Crippen LogP contribution in [0.15, 0.2) is 57.1 Å². The molecule has 1 unspecified atom stereocenters. The summed E-state index contributed by atoms with van der Waals surface area (Å²) in [5, 5.41) is 9.78. The van der Waals surface area contributed by atoms with Gasteiger partial charge in [0.2, 0.25) is 0 Å². The van der Waals surface area contributed by atoms with E-state index in [1.807, 2.05) is 36.4 Å². The molecule has 29 heavy (non-hydrogen) atoms. The first kappa shape index (κ1) is 21.3. The fraction of sp³-hybridized carbons (Fsp3) is 0.364. The van der Waals surface area contributed by atoms with Gasteiger partial charge in [0, 0.05) is 28.4 Å². The summed E-state index contributed by atoms with van der Waals surface area (Å²) in [6, 6.07) is 11.3. The van der Waals surface area contributed by atoms with E-state index in [4.69, 9.17) is 14.7 Å². The average Bonchev–Trinajstić information content (AvgIpc) is 2.87. The molecule has 1 aliphatic rings. The summed E-state index contributed by atoms with van der Waals surface area (Å²) in [6.45, 7) is 1.76. The van der Waals surface area contributed by atoms with E-state index in [0.29, 0.717) is 19.3 Å². The van der Waals surface area contributed by atoms with E-state index in [1.54, 1.807) is 13.1 Å². The number of pyridine rings is 1. The zero-order valence-corrected chi connectivity index (χ0v) is 18.1. The molecule has 152 valence electrons. The number of rotatable bonds is 7. The predicted molar refractivity (Wildman–Crippen MR) is 117 cm³/mol. The summed E-state index contributed by atoms with van der Waals surface area (Å²) in [5.41, 5.74) is 4.03. The quantitative estimate of drug-likeness (QED) is 0.629. The molecule has 3 rings (SSSR count). The maximum atomic E-state index is 11.8. The Morgan fingerprint density at radius 3 is 2.83 bits per heavy atom. The summed E-state index contributed by atoms with van der Waals surface area (Å²) in [4.78, 5) is 26.2. The first-order valence-corrected chi connectivity index (χ1v) is 10.4. The standard InChI is InChI=1S/C22H24BrN3O3/c1-14(27)6-8-18-19(10-11-21(28)29-2)26-22(20-5-3-4-12-24-20)16-13-15(23)7-9-17(16)25-18/h3-5,7,9,12-14,19,27H,6,8,10-11H2,1-2H3/t14?,19-/m0/s1. The van der Waals surface area contributed by atoms with E-state index in [1.165, 1.54) is 7.11 Å². The van der Waals surface area contributed by atoms with Crippen LogP contribution < -0.4 is 0 Å². The van der Waals surface area contributed by atoms with Crippen LogP contribution in [0.3, 0.4) is 0 Å². The van der Waals surface area contributed by atoms with Crippen LogP contribution in [-0.2, 0) is 9.53 Å². The van der Waals surface area contributed by atoms with Crippen LogP contribution in [0.25, 0.3) is 0 Å². The third kappa shape index (κ3) is 5.58. The predicted octanol–water partition coefficient (Wildman–Crippen LogP) is 4.25. The number of halogens is 1. The van der Waals surface area contributed by atoms with E-state index in [-0.39, 0.29) is 18.4 Å². The lowest BCUT2D eigenvalue weighted by molar-refractivity contribution is -0.140. The number of fused-ring (bicyclic) bond motifs is 1. The van der Waals surface area contributed by atoms with Crippen molar-refractivity contribution in [1.29, 1.82) is 0 Å². The second kappa shape index (κ2) is 9.89. The van der Waals surface area contributed by atoms with Crippen molar-refractivity contribution in [1.82, 2.24) is 4.98 Å². The van der Waals surface area contributed by atoms with Crippen molar-refractivity contribution in [2.45, 2.75) is 44.8 Å². The average molecular weight is 458 g/mol. The molecule has 0 saturated heterocycles. The van der Waals surface area contributed by atoms with Crippen molar-refractivity contribution < 1.29 is 14.6 Å². The van der Waals surface area contributed by atoms with Crippen LogP contribution >= 0.6 is 15.9 Å². The number of aliphatic hydroxyl groups is 1. The van der Waals surface area contributed by atoms with Gasteiger partial charge in [0.15, 0.2) is 0 Å². The normalized spacial score (nSPS) is 16.9. The third-order valence-electron chi connectivity index (χ3n) is 4.72. The fourth-order valence-corrected chi connectivity index (χ4v) is 3.56. The smallest absolute Gasteiger partial charge is 0.305 e. The molecule has 7 heteroatoms. The number of carbonyl (C=O) groups excluding carboxylic acids is 1. The Balaban J connectivity index is 2.09. The first-order chi connectivity index (χ1) is 14.0. The number of aromatic nitrogens is 1. The zero-order chi connectivity index (χ0) is 20.8. The Hall–Kier alpha value is -2.38. The highest BCUT2D eigenvalue weighted by Gasteiger charge is 2.25. The van der Waals surface area contributed by atoms with Crippen LogP contribution in [0, 0.1) is 0 Å². The topological polar surface area (TPSA) is 84.1 Å². The Bertz CT molecular complexity index is 926. The minimum absolute atomic E-state index is 0.244. The van der Waals surface area contributed by atoms with E-state index < -0.39 is 6.10 Å². The van der Waals surface area contributed by atoms with Crippen LogP contribution in [0.5, 0.6) is 0 Å². The molecule has 0 aliphatic carbocycles. The number of hydrogen-bond acceptors (Lipinski definition) is 6. The Kier molecular flexibility index (Phi) is 7.28. The molecule has 2 heterocycles. The van der Waals surface area contributed by atoms with Crippen LogP contribution in [-0.4, -0.2) is 46.7 Å². The minimum Gasteiger partial charge on any atom is -0.469 e. The second-order valence-electron chi connectivity index (χ2n) is 6.98. The maximum Gasteiger partial charge on any atom is 0.305 e. The molecule has 0 radical (unpaired) electrons. The summed E-state index contributed by atoms with van der Waals surface area (Å²) in [7, 11) is 1.38. The van der Waals surface area contributed by atoms with Gasteiger partial charge in [0.1, 0.15) is 0 Å². The van der Waals surface area contributed by atoms with Gasteiger partial charge < -0.3 is 9.84 Å². The Labute approximate surface area is 178 Å². The molecule has 0 fully saturated rings. The van der Waals surface area contributed by atoms with E-state index in [9.17, 15) is 9.90 Å². The number of aliphatic hydroxyl groups excluding tert-OH is 1. The Morgan fingerprint density at radius 1 is 1.31 bits per heavy atom. The fourth-order valence-electron chi connectivity index (χ4n) is 3.20. The number of methoxy groups -OCH3 is 1. The van der Waals surface area contributed by atoms with Gasteiger partial charge in [0.25, 0.3) is 0 Å². The lowest BCUT2D eigenvalue weighted by Crippen LogP contribution is -2.23. The lowest BCUT2D eigenvalue weighted by atomic mass is 10.0. The van der Waals surface area contributed by atoms with Gasteiger partial charge in [0.05, 0.1) is 36.3 Å². The number of carbonyl (C=O) groups is 1. The first-order valence-electron chi connectivity index (χ1n) is 9.59. The van der Waals surface area contributed by atoms with Gasteiger partial charge in [-0.3, -0.25) is 19.8 Å². The van der Waals surface area contributed by atoms with Crippen molar-refractivity contribution in [2.24, 2.45) is 9.98 Å². The highest BCUT2D eigenvalue weighted by Crippen LogP contribution is 2.31. The van der Waals surface area contributed by atoms with Crippen molar-refractivity contribution in [2.75, 3.05) is 7.11 Å². The molecular weight excluding hydrogens is 434 g/mol. The molecule has 2 atom stereocenters. The highest BCUT2D eigenvalue weighted by molar-refractivity contribution is 9.10. The van der Waals surface area contributed by atoms with E-state index in [2.05, 4.69) is 20.9 Å². The van der Waals surface area contributed by atoms with Gasteiger partial charge >= 0.3 is 5.97 Å². The van der Waals surface area contributed by atoms with E-state index >= 15 is 0 Å². The molecule has 0 spiro atoms. The largest absolute Gasteiger partial charge is 0.469 e. The van der Waals surface area contributed by atoms with Gasteiger partial charge in [-0.15, -0.1) is 0 Å². The van der Waals surface area contributed by atoms with Gasteiger partial charge in [-0.05, 0) is 56.5 Å². The van der Waals surface area contributed by atoms with Crippen molar-refractivity contribution in [3.8, 4) is 0 Å². The molecule has 6 nitrogen and oxygen atoms in total. The third-order valence-corrected chi connectivity index (χ3v) is 5.22. The number of esters is 1. The summed E-state index contributed by atoms with van der Waals surface area (Å²) >= 11 is 3.54. The number of hydrogen-bond donors (Lipinski definition) is 1. The molecule has 1 aromatic heterocycles. The second-order valence-corrected chi connectivity index (χ2v) is 7.89. The number of benzene rings is 1. The number of ether oxygens (including phenoxy) is 1.